The zero-order chi connectivity index (χ0) is 11.6. The molecule has 0 radical (unpaired) electrons. The van der Waals surface area contributed by atoms with Crippen molar-refractivity contribution in [3.63, 3.8) is 0 Å². The van der Waals surface area contributed by atoms with E-state index in [1.54, 1.807) is 18.5 Å². The third-order valence-corrected chi connectivity index (χ3v) is 3.28. The molecule has 16 heavy (non-hydrogen) atoms. The zero-order valence-corrected chi connectivity index (χ0v) is 9.49. The molecule has 3 N–H and O–H groups in total. The molecule has 1 fully saturated rings. The summed E-state index contributed by atoms with van der Waals surface area (Å²) in [5, 5.41) is 3.26. The maximum Gasteiger partial charge on any atom is 0.157 e. The Balaban J connectivity index is 2.10. The van der Waals surface area contributed by atoms with Gasteiger partial charge in [0.1, 0.15) is 0 Å². The molecule has 2 heterocycles. The number of hydrogen-bond donors (Lipinski definition) is 2. The van der Waals surface area contributed by atoms with E-state index in [1.165, 1.54) is 0 Å². The van der Waals surface area contributed by atoms with Gasteiger partial charge >= 0.3 is 0 Å². The largest absolute Gasteiger partial charge is 0.398 e. The first-order valence-corrected chi connectivity index (χ1v) is 5.58. The molecule has 0 bridgehead atoms. The van der Waals surface area contributed by atoms with Crippen LogP contribution in [0.3, 0.4) is 0 Å². The minimum Gasteiger partial charge on any atom is -0.398 e. The molecule has 1 aliphatic rings. The highest BCUT2D eigenvalue weighted by molar-refractivity contribution is 5.90. The van der Waals surface area contributed by atoms with Crippen molar-refractivity contribution in [1.29, 1.82) is 0 Å². The number of Topliss-reactive ketones (excluding diaryl/α,β-unsaturated/α-hetero) is 1. The van der Waals surface area contributed by atoms with Crippen LogP contribution in [0.15, 0.2) is 18.5 Å². The lowest BCUT2D eigenvalue weighted by Crippen LogP contribution is -2.45. The van der Waals surface area contributed by atoms with Gasteiger partial charge in [0.2, 0.25) is 0 Å². The van der Waals surface area contributed by atoms with Crippen molar-refractivity contribution in [1.82, 2.24) is 10.3 Å². The van der Waals surface area contributed by atoms with Gasteiger partial charge in [-0.15, -0.1) is 0 Å². The number of carbonyl (C=O) groups excluding carboxylic acids is 1. The highest BCUT2D eigenvalue weighted by atomic mass is 16.1. The summed E-state index contributed by atoms with van der Waals surface area (Å²) in [7, 11) is 0. The summed E-state index contributed by atoms with van der Waals surface area (Å²) in [6.45, 7) is 2.89. The summed E-state index contributed by atoms with van der Waals surface area (Å²) in [5.74, 6) is 0.199. The second-order valence-corrected chi connectivity index (χ2v) is 4.54. The summed E-state index contributed by atoms with van der Waals surface area (Å²) >= 11 is 0. The van der Waals surface area contributed by atoms with E-state index in [9.17, 15) is 4.79 Å². The van der Waals surface area contributed by atoms with Gasteiger partial charge in [0.25, 0.3) is 0 Å². The Morgan fingerprint density at radius 3 is 3.12 bits per heavy atom. The maximum absolute atomic E-state index is 12.1. The van der Waals surface area contributed by atoms with Crippen LogP contribution in [0.2, 0.25) is 0 Å². The number of carbonyl (C=O) groups is 1. The molecular weight excluding hydrogens is 202 g/mol. The molecule has 4 heteroatoms. The minimum absolute atomic E-state index is 0.199. The molecule has 1 saturated heterocycles. The van der Waals surface area contributed by atoms with E-state index in [1.807, 2.05) is 6.92 Å². The van der Waals surface area contributed by atoms with E-state index in [-0.39, 0.29) is 11.3 Å². The highest BCUT2D eigenvalue weighted by Crippen LogP contribution is 2.22. The first-order valence-electron chi connectivity index (χ1n) is 5.58. The van der Waals surface area contributed by atoms with E-state index in [2.05, 4.69) is 10.3 Å². The molecule has 0 amide bonds. The van der Waals surface area contributed by atoms with Crippen molar-refractivity contribution < 1.29 is 4.79 Å². The third-order valence-electron chi connectivity index (χ3n) is 3.28. The first-order chi connectivity index (χ1) is 7.62. The van der Waals surface area contributed by atoms with E-state index < -0.39 is 0 Å². The summed E-state index contributed by atoms with van der Waals surface area (Å²) in [6, 6.07) is 1.73. The second-order valence-electron chi connectivity index (χ2n) is 4.54. The molecular formula is C12H17N3O. The van der Waals surface area contributed by atoms with E-state index >= 15 is 0 Å². The fraction of sp³-hybridized carbons (Fsp3) is 0.500. The fourth-order valence-corrected chi connectivity index (χ4v) is 2.09. The molecule has 1 aromatic rings. The van der Waals surface area contributed by atoms with Crippen LogP contribution in [0.1, 0.15) is 25.3 Å². The predicted octanol–water partition coefficient (Wildman–Crippen LogP) is 0.918. The van der Waals surface area contributed by atoms with Crippen LogP contribution in [0.5, 0.6) is 0 Å². The molecule has 1 aliphatic heterocycles. The number of ketones is 1. The monoisotopic (exact) mass is 219 g/mol. The maximum atomic E-state index is 12.1. The average molecular weight is 219 g/mol. The Kier molecular flexibility index (Phi) is 2.92. The third kappa shape index (κ3) is 2.07. The number of rotatable bonds is 3. The Morgan fingerprint density at radius 1 is 1.69 bits per heavy atom. The van der Waals surface area contributed by atoms with Crippen molar-refractivity contribution >= 4 is 11.5 Å². The van der Waals surface area contributed by atoms with Crippen molar-refractivity contribution in [2.24, 2.45) is 0 Å². The van der Waals surface area contributed by atoms with E-state index in [0.29, 0.717) is 12.1 Å². The van der Waals surface area contributed by atoms with Crippen molar-refractivity contribution in [2.75, 3.05) is 12.3 Å². The Morgan fingerprint density at radius 2 is 2.50 bits per heavy atom. The lowest BCUT2D eigenvalue weighted by molar-refractivity contribution is -0.123. The molecule has 4 nitrogen and oxygen atoms in total. The summed E-state index contributed by atoms with van der Waals surface area (Å²) in [5.41, 5.74) is 6.89. The van der Waals surface area contributed by atoms with Crippen LogP contribution in [-0.4, -0.2) is 22.9 Å². The molecule has 0 saturated carbocycles. The predicted molar refractivity (Wildman–Crippen MR) is 63.0 cm³/mol. The number of aromatic nitrogens is 1. The number of nitrogens with two attached hydrogens (primary N) is 1. The smallest absolute Gasteiger partial charge is 0.157 e. The topological polar surface area (TPSA) is 68.0 Å². The van der Waals surface area contributed by atoms with Gasteiger partial charge in [-0.2, -0.15) is 0 Å². The van der Waals surface area contributed by atoms with E-state index in [4.69, 9.17) is 5.73 Å². The zero-order valence-electron chi connectivity index (χ0n) is 9.49. The van der Waals surface area contributed by atoms with Crippen molar-refractivity contribution in [3.8, 4) is 0 Å². The Bertz CT molecular complexity index is 397. The lowest BCUT2D eigenvalue weighted by atomic mass is 9.90. The van der Waals surface area contributed by atoms with Gasteiger partial charge < -0.3 is 11.1 Å². The molecule has 0 spiro atoms. The highest BCUT2D eigenvalue weighted by Gasteiger charge is 2.35. The van der Waals surface area contributed by atoms with Gasteiger partial charge in [-0.05, 0) is 32.4 Å². The fourth-order valence-electron chi connectivity index (χ4n) is 2.09. The van der Waals surface area contributed by atoms with Crippen molar-refractivity contribution in [2.45, 2.75) is 31.7 Å². The second kappa shape index (κ2) is 4.22. The minimum atomic E-state index is -0.373. The standard InChI is InChI=1S/C12H17N3O/c1-12(4-2-5-15-12)11(16)7-9-8-14-6-3-10(9)13/h3,6,8,15H,2,4-5,7H2,1H3,(H2,13,14). The molecule has 0 aromatic carbocycles. The molecule has 0 aliphatic carbocycles. The quantitative estimate of drug-likeness (QED) is 0.793. The van der Waals surface area contributed by atoms with Gasteiger partial charge in [0.05, 0.1) is 5.54 Å². The van der Waals surface area contributed by atoms with Crippen LogP contribution >= 0.6 is 0 Å². The van der Waals surface area contributed by atoms with Gasteiger partial charge in [0.15, 0.2) is 5.78 Å². The molecule has 1 aromatic heterocycles. The molecule has 1 unspecified atom stereocenters. The van der Waals surface area contributed by atoms with E-state index in [0.717, 1.165) is 24.9 Å². The molecule has 1 atom stereocenters. The van der Waals surface area contributed by atoms with Crippen LogP contribution < -0.4 is 11.1 Å². The number of anilines is 1. The number of hydrogen-bond acceptors (Lipinski definition) is 4. The van der Waals surface area contributed by atoms with Crippen molar-refractivity contribution in [3.05, 3.63) is 24.0 Å². The van der Waals surface area contributed by atoms with Crippen LogP contribution in [-0.2, 0) is 11.2 Å². The normalized spacial score (nSPS) is 24.6. The summed E-state index contributed by atoms with van der Waals surface area (Å²) in [4.78, 5) is 16.1. The number of pyridine rings is 1. The van der Waals surface area contributed by atoms with Crippen LogP contribution in [0.25, 0.3) is 0 Å². The summed E-state index contributed by atoms with van der Waals surface area (Å²) in [6.07, 6.45) is 5.64. The lowest BCUT2D eigenvalue weighted by Gasteiger charge is -2.22. The number of nitrogens with one attached hydrogen (secondary N) is 1. The SMILES string of the molecule is CC1(C(=O)Cc2cnccc2N)CCCN1. The van der Waals surface area contributed by atoms with Gasteiger partial charge in [0, 0.05) is 30.1 Å². The Hall–Kier alpha value is -1.42. The summed E-state index contributed by atoms with van der Waals surface area (Å²) < 4.78 is 0. The first kappa shape index (κ1) is 11.1. The number of nitrogen functional groups attached to an aromatic ring is 1. The average Bonchev–Trinajstić information content (AvgIpc) is 2.70. The molecule has 2 rings (SSSR count). The van der Waals surface area contributed by atoms with Gasteiger partial charge in [-0.3, -0.25) is 9.78 Å². The van der Waals surface area contributed by atoms with Gasteiger partial charge in [-0.1, -0.05) is 0 Å². The van der Waals surface area contributed by atoms with Crippen LogP contribution in [0, 0.1) is 0 Å². The number of nitrogens with zero attached hydrogens (tertiary/aromatic N) is 1. The Labute approximate surface area is 95.3 Å². The molecule has 86 valence electrons. The van der Waals surface area contributed by atoms with Crippen LogP contribution in [0.4, 0.5) is 5.69 Å². The van der Waals surface area contributed by atoms with Gasteiger partial charge in [-0.25, -0.2) is 0 Å².